The summed E-state index contributed by atoms with van der Waals surface area (Å²) in [6.45, 7) is 1.82. The van der Waals surface area contributed by atoms with Crippen molar-refractivity contribution in [3.8, 4) is 0 Å². The van der Waals surface area contributed by atoms with E-state index in [0.29, 0.717) is 0 Å². The van der Waals surface area contributed by atoms with Gasteiger partial charge in [0.1, 0.15) is 5.83 Å². The molecule has 0 spiro atoms. The second kappa shape index (κ2) is 3.58. The van der Waals surface area contributed by atoms with E-state index in [0.717, 1.165) is 13.8 Å². The van der Waals surface area contributed by atoms with Crippen LogP contribution in [0.15, 0.2) is 11.7 Å². The molecule has 0 saturated carbocycles. The molecule has 0 aromatic carbocycles. The zero-order valence-electron chi connectivity index (χ0n) is 8.68. The van der Waals surface area contributed by atoms with E-state index in [-0.39, 0.29) is 0 Å². The average molecular weight is 268 g/mol. The molecule has 1 atom stereocenters. The molecule has 0 aromatic heterocycles. The Hall–Kier alpha value is -0.820. The molecule has 1 unspecified atom stereocenters. The number of alkyl halides is 6. The smallest absolute Gasteiger partial charge is 0.208 e. The maximum atomic E-state index is 13.1. The molecule has 0 aromatic rings. The number of hydrogen-bond donors (Lipinski definition) is 0. The van der Waals surface area contributed by atoms with Crippen molar-refractivity contribution >= 4 is 0 Å². The number of halogens is 8. The van der Waals surface area contributed by atoms with Crippen molar-refractivity contribution in [2.45, 2.75) is 31.6 Å². The minimum atomic E-state index is -5.96. The molecule has 100 valence electrons. The second-order valence-electron chi connectivity index (χ2n) is 4.16. The third-order valence-corrected chi connectivity index (χ3v) is 2.63. The fourth-order valence-corrected chi connectivity index (χ4v) is 1.70. The number of allylic oxidation sites excluding steroid dienone is 2. The normalized spacial score (nSPS) is 30.9. The van der Waals surface area contributed by atoms with Crippen LogP contribution in [0.5, 0.6) is 0 Å². The summed E-state index contributed by atoms with van der Waals surface area (Å²) < 4.78 is 103. The number of hydrogen-bond acceptors (Lipinski definition) is 0. The molecule has 0 amide bonds. The molecular formula is C9H8F8. The highest BCUT2D eigenvalue weighted by Crippen LogP contribution is 2.60. The average Bonchev–Trinajstić information content (AvgIpc) is 2.13. The Kier molecular flexibility index (Phi) is 3.00. The third-order valence-electron chi connectivity index (χ3n) is 2.63. The minimum absolute atomic E-state index is 0.908. The SMILES string of the molecule is CC(C)C1C(F)=C(F)C(F)(F)C(F)(F)C1(F)F. The van der Waals surface area contributed by atoms with Gasteiger partial charge in [0.25, 0.3) is 0 Å². The molecule has 1 aliphatic carbocycles. The summed E-state index contributed by atoms with van der Waals surface area (Å²) >= 11 is 0. The lowest BCUT2D eigenvalue weighted by Crippen LogP contribution is -2.62. The van der Waals surface area contributed by atoms with Gasteiger partial charge in [-0.3, -0.25) is 0 Å². The number of rotatable bonds is 1. The van der Waals surface area contributed by atoms with Gasteiger partial charge in [0.05, 0.1) is 5.92 Å². The lowest BCUT2D eigenvalue weighted by molar-refractivity contribution is -0.328. The molecule has 0 heterocycles. The Morgan fingerprint density at radius 3 is 1.71 bits per heavy atom. The van der Waals surface area contributed by atoms with Crippen molar-refractivity contribution < 1.29 is 35.1 Å². The van der Waals surface area contributed by atoms with Gasteiger partial charge in [-0.15, -0.1) is 0 Å². The highest BCUT2D eigenvalue weighted by molar-refractivity contribution is 5.27. The van der Waals surface area contributed by atoms with Crippen LogP contribution >= 0.6 is 0 Å². The van der Waals surface area contributed by atoms with Gasteiger partial charge in [-0.05, 0) is 5.92 Å². The molecule has 0 aliphatic heterocycles. The minimum Gasteiger partial charge on any atom is -0.208 e. The van der Waals surface area contributed by atoms with Crippen molar-refractivity contribution in [3.05, 3.63) is 11.7 Å². The molecule has 0 N–H and O–H groups in total. The summed E-state index contributed by atoms with van der Waals surface area (Å²) in [4.78, 5) is 0. The summed E-state index contributed by atoms with van der Waals surface area (Å²) in [5, 5.41) is 0. The van der Waals surface area contributed by atoms with Crippen LogP contribution in [0.3, 0.4) is 0 Å². The van der Waals surface area contributed by atoms with Crippen molar-refractivity contribution in [1.29, 1.82) is 0 Å². The first-order chi connectivity index (χ1) is 7.39. The highest BCUT2D eigenvalue weighted by atomic mass is 19.3. The topological polar surface area (TPSA) is 0 Å². The quantitative estimate of drug-likeness (QED) is 0.621. The lowest BCUT2D eigenvalue weighted by atomic mass is 9.78. The first-order valence-corrected chi connectivity index (χ1v) is 4.58. The Labute approximate surface area is 91.3 Å². The van der Waals surface area contributed by atoms with Crippen molar-refractivity contribution in [3.63, 3.8) is 0 Å². The van der Waals surface area contributed by atoms with E-state index in [2.05, 4.69) is 0 Å². The molecule has 1 aliphatic rings. The van der Waals surface area contributed by atoms with Crippen LogP contribution in [-0.2, 0) is 0 Å². The Morgan fingerprint density at radius 2 is 1.35 bits per heavy atom. The van der Waals surface area contributed by atoms with Gasteiger partial charge in [0, 0.05) is 0 Å². The molecule has 0 radical (unpaired) electrons. The van der Waals surface area contributed by atoms with Gasteiger partial charge in [0.2, 0.25) is 5.83 Å². The largest absolute Gasteiger partial charge is 0.379 e. The van der Waals surface area contributed by atoms with Crippen LogP contribution in [0.25, 0.3) is 0 Å². The molecule has 0 saturated heterocycles. The van der Waals surface area contributed by atoms with Crippen LogP contribution in [0.4, 0.5) is 35.1 Å². The van der Waals surface area contributed by atoms with E-state index in [1.807, 2.05) is 0 Å². The van der Waals surface area contributed by atoms with Crippen molar-refractivity contribution in [2.24, 2.45) is 11.8 Å². The first kappa shape index (κ1) is 14.2. The molecule has 0 fully saturated rings. The zero-order chi connectivity index (χ0) is 13.8. The van der Waals surface area contributed by atoms with Crippen LogP contribution in [0.1, 0.15) is 13.8 Å². The summed E-state index contributed by atoms with van der Waals surface area (Å²) in [6.07, 6.45) is 0. The molecule has 0 bridgehead atoms. The fourth-order valence-electron chi connectivity index (χ4n) is 1.70. The summed E-state index contributed by atoms with van der Waals surface area (Å²) in [7, 11) is 0. The van der Waals surface area contributed by atoms with Crippen molar-refractivity contribution in [2.75, 3.05) is 0 Å². The summed E-state index contributed by atoms with van der Waals surface area (Å²) in [5.74, 6) is -27.2. The van der Waals surface area contributed by atoms with Gasteiger partial charge in [-0.2, -0.15) is 26.3 Å². The summed E-state index contributed by atoms with van der Waals surface area (Å²) in [6, 6.07) is 0. The maximum Gasteiger partial charge on any atom is 0.379 e. The van der Waals surface area contributed by atoms with Gasteiger partial charge in [-0.25, -0.2) is 8.78 Å². The highest BCUT2D eigenvalue weighted by Gasteiger charge is 2.80. The van der Waals surface area contributed by atoms with Crippen LogP contribution in [-0.4, -0.2) is 17.8 Å². The predicted molar refractivity (Wildman–Crippen MR) is 42.4 cm³/mol. The Balaban J connectivity index is 3.55. The maximum absolute atomic E-state index is 13.1. The van der Waals surface area contributed by atoms with Crippen LogP contribution < -0.4 is 0 Å². The zero-order valence-corrected chi connectivity index (χ0v) is 8.68. The van der Waals surface area contributed by atoms with Gasteiger partial charge in [-0.1, -0.05) is 13.8 Å². The Bertz CT molecular complexity index is 354. The monoisotopic (exact) mass is 268 g/mol. The van der Waals surface area contributed by atoms with E-state index in [9.17, 15) is 35.1 Å². The van der Waals surface area contributed by atoms with Crippen molar-refractivity contribution in [1.82, 2.24) is 0 Å². The van der Waals surface area contributed by atoms with Crippen LogP contribution in [0.2, 0.25) is 0 Å². The Morgan fingerprint density at radius 1 is 0.941 bits per heavy atom. The first-order valence-electron chi connectivity index (χ1n) is 4.58. The van der Waals surface area contributed by atoms with Gasteiger partial charge in [0.15, 0.2) is 0 Å². The van der Waals surface area contributed by atoms with E-state index >= 15 is 0 Å². The van der Waals surface area contributed by atoms with E-state index in [4.69, 9.17) is 0 Å². The standard InChI is InChI=1S/C9H8F8/c1-3(2)4-5(10)6(11)8(14,15)9(16,17)7(4,12)13/h3-4H,1-2H3. The summed E-state index contributed by atoms with van der Waals surface area (Å²) in [5.41, 5.74) is 0. The van der Waals surface area contributed by atoms with Gasteiger partial charge >= 0.3 is 17.8 Å². The van der Waals surface area contributed by atoms with Crippen LogP contribution in [0, 0.1) is 11.8 Å². The molecule has 8 heteroatoms. The molecule has 17 heavy (non-hydrogen) atoms. The van der Waals surface area contributed by atoms with E-state index in [1.54, 1.807) is 0 Å². The molecular weight excluding hydrogens is 260 g/mol. The fraction of sp³-hybridized carbons (Fsp3) is 0.778. The van der Waals surface area contributed by atoms with Gasteiger partial charge < -0.3 is 0 Å². The van der Waals surface area contributed by atoms with E-state index in [1.165, 1.54) is 0 Å². The molecule has 0 nitrogen and oxygen atoms in total. The third kappa shape index (κ3) is 1.55. The molecule has 1 rings (SSSR count). The lowest BCUT2D eigenvalue weighted by Gasteiger charge is -2.41. The van der Waals surface area contributed by atoms with E-state index < -0.39 is 41.3 Å². The predicted octanol–water partition coefficient (Wildman–Crippen LogP) is 4.33. The second-order valence-corrected chi connectivity index (χ2v) is 4.16.